The fourth-order valence-electron chi connectivity index (χ4n) is 4.04. The van der Waals surface area contributed by atoms with Gasteiger partial charge < -0.3 is 14.2 Å². The standard InChI is InChI=1S/C25H22F3N5O2/c1-17-7-9-21(35-17)23-20(16-33(30-23)19-5-3-2-4-6-19)24(34)32-13-11-31(12-14-32)22-10-8-18(15-29-22)25(26,27)28/h2-10,15-16H,11-14H2,1H3. The second kappa shape index (κ2) is 8.94. The molecule has 0 atom stereocenters. The van der Waals surface area contributed by atoms with E-state index >= 15 is 0 Å². The first-order chi connectivity index (χ1) is 16.8. The lowest BCUT2D eigenvalue weighted by Crippen LogP contribution is -2.49. The van der Waals surface area contributed by atoms with Gasteiger partial charge in [-0.1, -0.05) is 18.2 Å². The summed E-state index contributed by atoms with van der Waals surface area (Å²) in [6.07, 6.45) is -1.89. The molecule has 0 N–H and O–H groups in total. The Morgan fingerprint density at radius 3 is 2.31 bits per heavy atom. The maximum atomic E-state index is 13.5. The van der Waals surface area contributed by atoms with Gasteiger partial charge in [0.15, 0.2) is 5.76 Å². The minimum absolute atomic E-state index is 0.184. The van der Waals surface area contributed by atoms with Crippen LogP contribution in [0, 0.1) is 6.92 Å². The molecule has 4 heterocycles. The Morgan fingerprint density at radius 1 is 0.971 bits per heavy atom. The van der Waals surface area contributed by atoms with Crippen molar-refractivity contribution in [2.75, 3.05) is 31.1 Å². The quantitative estimate of drug-likeness (QED) is 0.418. The number of carbonyl (C=O) groups is 1. The van der Waals surface area contributed by atoms with Gasteiger partial charge in [0.05, 0.1) is 16.8 Å². The average molecular weight is 481 g/mol. The summed E-state index contributed by atoms with van der Waals surface area (Å²) in [7, 11) is 0. The van der Waals surface area contributed by atoms with Crippen molar-refractivity contribution in [1.29, 1.82) is 0 Å². The number of pyridine rings is 1. The molecule has 1 fully saturated rings. The minimum atomic E-state index is -4.43. The fourth-order valence-corrected chi connectivity index (χ4v) is 4.04. The summed E-state index contributed by atoms with van der Waals surface area (Å²) in [6.45, 7) is 3.52. The van der Waals surface area contributed by atoms with Crippen molar-refractivity contribution in [3.05, 3.63) is 83.9 Å². The van der Waals surface area contributed by atoms with Gasteiger partial charge in [0, 0.05) is 38.6 Å². The van der Waals surface area contributed by atoms with Gasteiger partial charge in [0.25, 0.3) is 5.91 Å². The van der Waals surface area contributed by atoms with Crippen LogP contribution in [0.1, 0.15) is 21.7 Å². The molecule has 0 aliphatic carbocycles. The van der Waals surface area contributed by atoms with Crippen molar-refractivity contribution in [3.63, 3.8) is 0 Å². The molecule has 7 nitrogen and oxygen atoms in total. The van der Waals surface area contributed by atoms with Gasteiger partial charge in [-0.25, -0.2) is 9.67 Å². The van der Waals surface area contributed by atoms with Crippen LogP contribution in [-0.2, 0) is 6.18 Å². The van der Waals surface area contributed by atoms with Gasteiger partial charge in [-0.05, 0) is 43.3 Å². The zero-order valence-electron chi connectivity index (χ0n) is 18.9. The van der Waals surface area contributed by atoms with Crippen LogP contribution in [-0.4, -0.2) is 51.8 Å². The predicted molar refractivity (Wildman–Crippen MR) is 123 cm³/mol. The van der Waals surface area contributed by atoms with Crippen molar-refractivity contribution in [3.8, 4) is 17.1 Å². The lowest BCUT2D eigenvalue weighted by molar-refractivity contribution is -0.137. The number of amides is 1. The van der Waals surface area contributed by atoms with E-state index in [0.717, 1.165) is 18.0 Å². The number of para-hydroxylation sites is 1. The molecular formula is C25H22F3N5O2. The first-order valence-corrected chi connectivity index (χ1v) is 11.1. The number of halogens is 3. The fraction of sp³-hybridized carbons (Fsp3) is 0.240. The van der Waals surface area contributed by atoms with E-state index in [9.17, 15) is 18.0 Å². The van der Waals surface area contributed by atoms with Crippen LogP contribution in [0.4, 0.5) is 19.0 Å². The summed E-state index contributed by atoms with van der Waals surface area (Å²) in [6, 6.07) is 15.5. The van der Waals surface area contributed by atoms with Gasteiger partial charge in [-0.15, -0.1) is 0 Å². The highest BCUT2D eigenvalue weighted by Crippen LogP contribution is 2.30. The normalized spacial score (nSPS) is 14.4. The molecule has 3 aromatic heterocycles. The molecule has 0 spiro atoms. The van der Waals surface area contributed by atoms with Crippen LogP contribution >= 0.6 is 0 Å². The highest BCUT2D eigenvalue weighted by Gasteiger charge is 2.32. The van der Waals surface area contributed by atoms with Crippen LogP contribution < -0.4 is 4.90 Å². The summed E-state index contributed by atoms with van der Waals surface area (Å²) >= 11 is 0. The Kier molecular flexibility index (Phi) is 5.80. The molecule has 0 bridgehead atoms. The molecule has 180 valence electrons. The molecule has 0 saturated carbocycles. The molecular weight excluding hydrogens is 459 g/mol. The van der Waals surface area contributed by atoms with Gasteiger partial charge in [0.1, 0.15) is 17.3 Å². The molecule has 0 unspecified atom stereocenters. The third-order valence-electron chi connectivity index (χ3n) is 5.91. The summed E-state index contributed by atoms with van der Waals surface area (Å²) in [5, 5.41) is 4.63. The Labute approximate surface area is 199 Å². The van der Waals surface area contributed by atoms with E-state index in [1.165, 1.54) is 6.07 Å². The SMILES string of the molecule is Cc1ccc(-c2nn(-c3ccccc3)cc2C(=O)N2CCN(c3ccc(C(F)(F)F)cn3)CC2)o1. The molecule has 1 aromatic carbocycles. The number of furan rings is 1. The molecule has 10 heteroatoms. The number of aromatic nitrogens is 3. The van der Waals surface area contributed by atoms with Crippen molar-refractivity contribution in [1.82, 2.24) is 19.7 Å². The van der Waals surface area contributed by atoms with Crippen LogP contribution in [0.25, 0.3) is 17.1 Å². The van der Waals surface area contributed by atoms with E-state index in [1.807, 2.05) is 48.2 Å². The van der Waals surface area contributed by atoms with Crippen LogP contribution in [0.2, 0.25) is 0 Å². The van der Waals surface area contributed by atoms with Crippen LogP contribution in [0.3, 0.4) is 0 Å². The zero-order valence-corrected chi connectivity index (χ0v) is 18.9. The number of aryl methyl sites for hydroxylation is 1. The summed E-state index contributed by atoms with van der Waals surface area (Å²) in [4.78, 5) is 21.1. The zero-order chi connectivity index (χ0) is 24.6. The van der Waals surface area contributed by atoms with Crippen LogP contribution in [0.15, 0.2) is 71.4 Å². The highest BCUT2D eigenvalue weighted by molar-refractivity contribution is 5.99. The number of carbonyl (C=O) groups excluding carboxylic acids is 1. The molecule has 1 amide bonds. The first kappa shape index (κ1) is 22.7. The Bertz CT molecular complexity index is 1320. The number of alkyl halides is 3. The Balaban J connectivity index is 1.35. The number of rotatable bonds is 4. The molecule has 5 rings (SSSR count). The largest absolute Gasteiger partial charge is 0.460 e. The Hall–Kier alpha value is -4.08. The van der Waals surface area contributed by atoms with Gasteiger partial charge in [-0.2, -0.15) is 18.3 Å². The van der Waals surface area contributed by atoms with Crippen molar-refractivity contribution in [2.24, 2.45) is 0 Å². The summed E-state index contributed by atoms with van der Waals surface area (Å²) in [5.41, 5.74) is 0.906. The molecule has 1 aliphatic rings. The lowest BCUT2D eigenvalue weighted by atomic mass is 10.1. The molecule has 1 saturated heterocycles. The summed E-state index contributed by atoms with van der Waals surface area (Å²) in [5.74, 6) is 1.49. The molecule has 4 aromatic rings. The van der Waals surface area contributed by atoms with E-state index in [4.69, 9.17) is 4.42 Å². The minimum Gasteiger partial charge on any atom is -0.460 e. The van der Waals surface area contributed by atoms with E-state index in [2.05, 4.69) is 10.1 Å². The number of anilines is 1. The number of hydrogen-bond acceptors (Lipinski definition) is 5. The topological polar surface area (TPSA) is 67.4 Å². The molecule has 0 radical (unpaired) electrons. The van der Waals surface area contributed by atoms with Crippen molar-refractivity contribution in [2.45, 2.75) is 13.1 Å². The third-order valence-corrected chi connectivity index (χ3v) is 5.91. The molecule has 1 aliphatic heterocycles. The van der Waals surface area contributed by atoms with Crippen molar-refractivity contribution < 1.29 is 22.4 Å². The van der Waals surface area contributed by atoms with E-state index in [-0.39, 0.29) is 5.91 Å². The van der Waals surface area contributed by atoms with Gasteiger partial charge >= 0.3 is 6.18 Å². The van der Waals surface area contributed by atoms with E-state index in [1.54, 1.807) is 21.8 Å². The average Bonchev–Trinajstić information content (AvgIpc) is 3.50. The van der Waals surface area contributed by atoms with Gasteiger partial charge in [0.2, 0.25) is 0 Å². The second-order valence-corrected chi connectivity index (χ2v) is 8.26. The maximum absolute atomic E-state index is 13.5. The third kappa shape index (κ3) is 4.64. The van der Waals surface area contributed by atoms with Gasteiger partial charge in [-0.3, -0.25) is 4.79 Å². The number of piperazine rings is 1. The maximum Gasteiger partial charge on any atom is 0.417 e. The number of hydrogen-bond donors (Lipinski definition) is 0. The van der Waals surface area contributed by atoms with Crippen molar-refractivity contribution >= 4 is 11.7 Å². The lowest BCUT2D eigenvalue weighted by Gasteiger charge is -2.35. The van der Waals surface area contributed by atoms with Crippen LogP contribution in [0.5, 0.6) is 0 Å². The molecule has 35 heavy (non-hydrogen) atoms. The predicted octanol–water partition coefficient (Wildman–Crippen LogP) is 4.82. The number of nitrogens with zero attached hydrogens (tertiary/aromatic N) is 5. The van der Waals surface area contributed by atoms with E-state index in [0.29, 0.717) is 54.8 Å². The highest BCUT2D eigenvalue weighted by atomic mass is 19.4. The van der Waals surface area contributed by atoms with E-state index < -0.39 is 11.7 Å². The monoisotopic (exact) mass is 481 g/mol. The Morgan fingerprint density at radius 2 is 1.71 bits per heavy atom. The second-order valence-electron chi connectivity index (χ2n) is 8.26. The smallest absolute Gasteiger partial charge is 0.417 e. The first-order valence-electron chi connectivity index (χ1n) is 11.1. The summed E-state index contributed by atoms with van der Waals surface area (Å²) < 4.78 is 45.9. The number of benzene rings is 1.